The van der Waals surface area contributed by atoms with Crippen LogP contribution in [0.4, 0.5) is 17.1 Å². The van der Waals surface area contributed by atoms with Gasteiger partial charge in [-0.15, -0.1) is 0 Å². The molecule has 0 aromatic heterocycles. The van der Waals surface area contributed by atoms with Crippen molar-refractivity contribution in [2.75, 3.05) is 4.90 Å². The Balaban J connectivity index is 0.934. The topological polar surface area (TPSA) is 12.5 Å². The van der Waals surface area contributed by atoms with Gasteiger partial charge in [0.1, 0.15) is 11.5 Å². The normalized spacial score (nSPS) is 11.2. The molecule has 10 aromatic carbocycles. The second kappa shape index (κ2) is 18.1. The van der Waals surface area contributed by atoms with Gasteiger partial charge in [0, 0.05) is 11.4 Å². The van der Waals surface area contributed by atoms with E-state index in [1.807, 2.05) is 42.5 Å². The van der Waals surface area contributed by atoms with E-state index in [2.05, 4.69) is 235 Å². The molecule has 10 rings (SSSR count). The summed E-state index contributed by atoms with van der Waals surface area (Å²) >= 11 is -3.31. The van der Waals surface area contributed by atoms with Crippen LogP contribution in [0.2, 0.25) is 0 Å². The predicted molar refractivity (Wildman–Crippen MR) is 268 cm³/mol. The summed E-state index contributed by atoms with van der Waals surface area (Å²) < 4.78 is 11.8. The molecule has 0 aliphatic rings. The molecule has 0 unspecified atom stereocenters. The van der Waals surface area contributed by atoms with Crippen LogP contribution in [-0.2, 0) is 0 Å². The van der Waals surface area contributed by atoms with Crippen LogP contribution in [0, 0.1) is 0 Å². The van der Waals surface area contributed by atoms with Crippen LogP contribution in [0.1, 0.15) is 0 Å². The van der Waals surface area contributed by atoms with Crippen LogP contribution in [0.25, 0.3) is 33.4 Å². The Morgan fingerprint density at radius 2 is 0.476 bits per heavy atom. The van der Waals surface area contributed by atoms with Crippen molar-refractivity contribution in [3.05, 3.63) is 273 Å². The summed E-state index contributed by atoms with van der Waals surface area (Å²) in [6, 6.07) is 98.3. The van der Waals surface area contributed by atoms with Gasteiger partial charge >= 0.3 is 223 Å². The first kappa shape index (κ1) is 39.5. The summed E-state index contributed by atoms with van der Waals surface area (Å²) in [6.07, 6.45) is 0. The third kappa shape index (κ3) is 8.25. The molecular weight excluding hydrogens is 823 g/mol. The second-order valence-electron chi connectivity index (χ2n) is 15.7. The molecule has 10 aromatic rings. The van der Waals surface area contributed by atoms with Crippen molar-refractivity contribution in [2.45, 2.75) is 0 Å². The largest absolute Gasteiger partial charge is 0.0586 e. The van der Waals surface area contributed by atoms with Crippen molar-refractivity contribution in [3.8, 4) is 44.9 Å². The molecule has 0 saturated heterocycles. The Morgan fingerprint density at radius 1 is 0.222 bits per heavy atom. The number of para-hydroxylation sites is 1. The monoisotopic (exact) mass is 869 g/mol. The zero-order chi connectivity index (χ0) is 42.3. The van der Waals surface area contributed by atoms with Crippen molar-refractivity contribution in [3.63, 3.8) is 0 Å². The van der Waals surface area contributed by atoms with Crippen LogP contribution >= 0.6 is 0 Å². The number of hydrogen-bond acceptors (Lipinski definition) is 2. The van der Waals surface area contributed by atoms with Crippen LogP contribution in [-0.4, -0.2) is 13.3 Å². The minimum Gasteiger partial charge on any atom is -0.0586 e. The Labute approximate surface area is 373 Å². The Morgan fingerprint density at radius 3 is 0.857 bits per heavy atom. The summed E-state index contributed by atoms with van der Waals surface area (Å²) in [4.78, 5) is 2.30. The summed E-state index contributed by atoms with van der Waals surface area (Å²) in [5.41, 5.74) is 10.3. The zero-order valence-electron chi connectivity index (χ0n) is 34.8. The van der Waals surface area contributed by atoms with E-state index in [0.29, 0.717) is 0 Å². The molecule has 0 spiro atoms. The quantitative estimate of drug-likeness (QED) is 0.113. The Bertz CT molecular complexity index is 2900. The third-order valence-corrected chi connectivity index (χ3v) is 22.0. The molecule has 0 bridgehead atoms. The third-order valence-electron chi connectivity index (χ3n) is 11.9. The molecule has 0 aliphatic carbocycles. The van der Waals surface area contributed by atoms with Gasteiger partial charge in [-0.1, -0.05) is 60.7 Å². The summed E-state index contributed by atoms with van der Waals surface area (Å²) in [7, 11) is 0. The first-order chi connectivity index (χ1) is 31.2. The maximum absolute atomic E-state index is 6.14. The maximum atomic E-state index is 6.14. The van der Waals surface area contributed by atoms with E-state index in [9.17, 15) is 0 Å². The van der Waals surface area contributed by atoms with Crippen molar-refractivity contribution in [1.29, 1.82) is 0 Å². The van der Waals surface area contributed by atoms with Crippen molar-refractivity contribution in [1.82, 2.24) is 0 Å². The molecule has 0 N–H and O–H groups in total. The van der Waals surface area contributed by atoms with Gasteiger partial charge < -0.3 is 9.64 Å². The van der Waals surface area contributed by atoms with Crippen LogP contribution in [0.5, 0.6) is 11.5 Å². The standard InChI is InChI=1S/C60H45GeNO/c1-6-16-46(17-7-1)50-32-38-56(39-33-50)62(58-42-44-60(45-43-58)63-59-24-14-5-15-25-59)57-40-34-51(35-41-57)48-28-26-47(27-29-48)49-30-36-55(37-31-49)61(52-18-8-2-9-19-52,53-20-10-3-11-21-53)54-22-12-4-13-23-54/h1-45H. The number of hydrogen-bond donors (Lipinski definition) is 0. The molecule has 0 radical (unpaired) electrons. The average molecular weight is 869 g/mol. The van der Waals surface area contributed by atoms with E-state index in [-0.39, 0.29) is 0 Å². The second-order valence-corrected chi connectivity index (χ2v) is 23.7. The molecule has 300 valence electrons. The first-order valence-electron chi connectivity index (χ1n) is 21.5. The molecule has 0 aliphatic heterocycles. The summed E-state index contributed by atoms with van der Waals surface area (Å²) in [6.45, 7) is 0. The van der Waals surface area contributed by atoms with Crippen molar-refractivity contribution < 1.29 is 4.74 Å². The van der Waals surface area contributed by atoms with Crippen molar-refractivity contribution >= 4 is 47.9 Å². The van der Waals surface area contributed by atoms with Gasteiger partial charge in [-0.25, -0.2) is 0 Å². The summed E-state index contributed by atoms with van der Waals surface area (Å²) in [5.74, 6) is 1.61. The van der Waals surface area contributed by atoms with Gasteiger partial charge in [0.15, 0.2) is 0 Å². The van der Waals surface area contributed by atoms with E-state index >= 15 is 0 Å². The first-order valence-corrected chi connectivity index (χ1v) is 25.7. The zero-order valence-corrected chi connectivity index (χ0v) is 36.9. The number of rotatable bonds is 12. The molecule has 63 heavy (non-hydrogen) atoms. The van der Waals surface area contributed by atoms with E-state index < -0.39 is 13.3 Å². The van der Waals surface area contributed by atoms with Gasteiger partial charge in [0.05, 0.1) is 0 Å². The molecule has 0 saturated carbocycles. The molecule has 3 heteroatoms. The van der Waals surface area contributed by atoms with Crippen LogP contribution in [0.15, 0.2) is 273 Å². The Kier molecular flexibility index (Phi) is 11.4. The minimum absolute atomic E-state index is 0.793. The van der Waals surface area contributed by atoms with Crippen LogP contribution in [0.3, 0.4) is 0 Å². The van der Waals surface area contributed by atoms with Gasteiger partial charge in [0.25, 0.3) is 0 Å². The molecule has 2 nitrogen and oxygen atoms in total. The average Bonchev–Trinajstić information content (AvgIpc) is 3.37. The maximum Gasteiger partial charge on any atom is -0.0172 e. The van der Waals surface area contributed by atoms with Crippen LogP contribution < -0.4 is 27.2 Å². The van der Waals surface area contributed by atoms with E-state index in [1.165, 1.54) is 45.4 Å². The van der Waals surface area contributed by atoms with E-state index in [1.54, 1.807) is 0 Å². The number of benzene rings is 10. The van der Waals surface area contributed by atoms with Gasteiger partial charge in [-0.2, -0.15) is 0 Å². The van der Waals surface area contributed by atoms with Gasteiger partial charge in [0.2, 0.25) is 0 Å². The van der Waals surface area contributed by atoms with Gasteiger partial charge in [-0.3, -0.25) is 0 Å². The van der Waals surface area contributed by atoms with E-state index in [4.69, 9.17) is 4.74 Å². The smallest absolute Gasteiger partial charge is 0.0172 e. The van der Waals surface area contributed by atoms with Crippen molar-refractivity contribution in [2.24, 2.45) is 0 Å². The fourth-order valence-electron chi connectivity index (χ4n) is 8.80. The molecule has 0 fully saturated rings. The van der Waals surface area contributed by atoms with Gasteiger partial charge in [-0.05, 0) is 59.7 Å². The minimum atomic E-state index is -3.31. The number of nitrogens with zero attached hydrogens (tertiary/aromatic N) is 1. The summed E-state index contributed by atoms with van der Waals surface area (Å²) in [5, 5.41) is 0. The predicted octanol–water partition coefficient (Wildman–Crippen LogP) is 13.3. The Hall–Kier alpha value is -7.66. The molecule has 0 amide bonds. The number of anilines is 3. The SMILES string of the molecule is c1ccc(Oc2ccc(N(c3ccc(-c4ccccc4)cc3)c3ccc(-c4ccc(-c5cc[c]([Ge]([c]6ccccc6)([c]6ccccc6)[c]6ccccc6)cc5)cc4)cc3)cc2)cc1. The number of ether oxygens (including phenoxy) is 1. The fourth-order valence-corrected chi connectivity index (χ4v) is 18.8. The molecule has 0 atom stereocenters. The molecule has 0 heterocycles. The fraction of sp³-hybridized carbons (Fsp3) is 0. The van der Waals surface area contributed by atoms with E-state index in [0.717, 1.165) is 34.1 Å². The molecular formula is C60H45GeNO.